The molecule has 3 aromatic heterocycles. The number of carbonyl (C=O) groups excluding carboxylic acids is 1. The minimum absolute atomic E-state index is 0.0546. The Morgan fingerprint density at radius 1 is 1.40 bits per heavy atom. The molecule has 1 aliphatic rings. The fourth-order valence-corrected chi connectivity index (χ4v) is 3.49. The second-order valence-electron chi connectivity index (χ2n) is 6.73. The van der Waals surface area contributed by atoms with Crippen molar-refractivity contribution in [3.05, 3.63) is 54.2 Å². The molecule has 4 rings (SSSR count). The molecule has 0 radical (unpaired) electrons. The maximum Gasteiger partial charge on any atom is 0.256 e. The van der Waals surface area contributed by atoms with E-state index < -0.39 is 0 Å². The van der Waals surface area contributed by atoms with Gasteiger partial charge in [-0.05, 0) is 30.9 Å². The molecule has 0 saturated heterocycles. The molecule has 1 saturated carbocycles. The second kappa shape index (κ2) is 6.33. The number of hydrogen-bond acceptors (Lipinski definition) is 4. The van der Waals surface area contributed by atoms with Crippen LogP contribution in [0.15, 0.2) is 43.0 Å². The van der Waals surface area contributed by atoms with Gasteiger partial charge in [0.15, 0.2) is 0 Å². The van der Waals surface area contributed by atoms with Gasteiger partial charge in [-0.1, -0.05) is 6.07 Å². The monoisotopic (exact) mass is 339 g/mol. The molecule has 0 aromatic carbocycles. The average Bonchev–Trinajstić information content (AvgIpc) is 3.16. The lowest BCUT2D eigenvalue weighted by atomic mass is 9.76. The number of aliphatic hydroxyl groups is 1. The van der Waals surface area contributed by atoms with Crippen molar-refractivity contribution in [2.75, 3.05) is 0 Å². The predicted molar refractivity (Wildman–Crippen MR) is 92.1 cm³/mol. The molecule has 7 nitrogen and oxygen atoms in total. The van der Waals surface area contributed by atoms with Crippen molar-refractivity contribution >= 4 is 11.6 Å². The van der Waals surface area contributed by atoms with Crippen LogP contribution in [0.2, 0.25) is 0 Å². The Balaban J connectivity index is 1.55. The maximum absolute atomic E-state index is 12.8. The highest BCUT2D eigenvalue weighted by atomic mass is 16.3. The summed E-state index contributed by atoms with van der Waals surface area (Å²) in [5.74, 6) is 0.125. The summed E-state index contributed by atoms with van der Waals surface area (Å²) in [4.78, 5) is 17.2. The highest BCUT2D eigenvalue weighted by Crippen LogP contribution is 2.31. The molecule has 0 unspecified atom stereocenters. The minimum Gasteiger partial charge on any atom is -0.393 e. The number of nitrogens with one attached hydrogen (secondary N) is 1. The number of hydrogen-bond donors (Lipinski definition) is 2. The highest BCUT2D eigenvalue weighted by molar-refractivity contribution is 6.00. The summed E-state index contributed by atoms with van der Waals surface area (Å²) < 4.78 is 3.57. The van der Waals surface area contributed by atoms with Crippen LogP contribution in [0.4, 0.5) is 0 Å². The average molecular weight is 339 g/mol. The third-order valence-electron chi connectivity index (χ3n) is 4.97. The van der Waals surface area contributed by atoms with Crippen LogP contribution in [0.3, 0.4) is 0 Å². The number of aromatic nitrogens is 4. The van der Waals surface area contributed by atoms with Gasteiger partial charge < -0.3 is 15.0 Å². The standard InChI is InChI=1S/C18H21N5O2/c1-22-6-7-23-18(22)15(11-20-23)17(25)21-16(12-8-14(24)9-12)10-13-4-2-3-5-19-13/h2-7,11-12,14,16,24H,8-10H2,1H3,(H,21,25)/t12?,14?,16-/m1/s1. The Bertz CT molecular complexity index is 879. The number of carbonyl (C=O) groups is 1. The molecule has 1 fully saturated rings. The smallest absolute Gasteiger partial charge is 0.256 e. The molecule has 3 aromatic rings. The largest absolute Gasteiger partial charge is 0.393 e. The van der Waals surface area contributed by atoms with Crippen molar-refractivity contribution in [3.63, 3.8) is 0 Å². The van der Waals surface area contributed by atoms with Crippen LogP contribution in [-0.4, -0.2) is 42.3 Å². The first-order valence-corrected chi connectivity index (χ1v) is 8.49. The van der Waals surface area contributed by atoms with E-state index in [-0.39, 0.29) is 24.0 Å². The summed E-state index contributed by atoms with van der Waals surface area (Å²) in [7, 11) is 1.89. The zero-order valence-corrected chi connectivity index (χ0v) is 14.0. The van der Waals surface area contributed by atoms with E-state index in [0.29, 0.717) is 24.8 Å². The van der Waals surface area contributed by atoms with Gasteiger partial charge in [-0.3, -0.25) is 9.78 Å². The Morgan fingerprint density at radius 3 is 2.96 bits per heavy atom. The molecule has 0 spiro atoms. The number of fused-ring (bicyclic) bond motifs is 1. The molecule has 130 valence electrons. The first-order chi connectivity index (χ1) is 12.1. The van der Waals surface area contributed by atoms with Gasteiger partial charge in [0.25, 0.3) is 5.91 Å². The molecule has 2 N–H and O–H groups in total. The van der Waals surface area contributed by atoms with Gasteiger partial charge in [0.1, 0.15) is 11.2 Å². The number of aliphatic hydroxyl groups excluding tert-OH is 1. The Hall–Kier alpha value is -2.67. The summed E-state index contributed by atoms with van der Waals surface area (Å²) in [5, 5.41) is 17.0. The normalized spacial score (nSPS) is 21.0. The molecule has 1 atom stereocenters. The van der Waals surface area contributed by atoms with Gasteiger partial charge in [-0.2, -0.15) is 5.10 Å². The minimum atomic E-state index is -0.260. The molecule has 0 bridgehead atoms. The van der Waals surface area contributed by atoms with Gasteiger partial charge in [0, 0.05) is 43.8 Å². The summed E-state index contributed by atoms with van der Waals surface area (Å²) in [6.45, 7) is 0. The molecular weight excluding hydrogens is 318 g/mol. The molecular formula is C18H21N5O2. The zero-order chi connectivity index (χ0) is 17.4. The number of amides is 1. The van der Waals surface area contributed by atoms with Crippen molar-refractivity contribution in [2.45, 2.75) is 31.4 Å². The van der Waals surface area contributed by atoms with Gasteiger partial charge in [-0.25, -0.2) is 4.52 Å². The summed E-state index contributed by atoms with van der Waals surface area (Å²) >= 11 is 0. The first kappa shape index (κ1) is 15.8. The lowest BCUT2D eigenvalue weighted by Crippen LogP contribution is -2.48. The molecule has 3 heterocycles. The third-order valence-corrected chi connectivity index (χ3v) is 4.97. The fourth-order valence-electron chi connectivity index (χ4n) is 3.49. The number of pyridine rings is 1. The zero-order valence-electron chi connectivity index (χ0n) is 14.0. The number of aryl methyl sites for hydroxylation is 1. The quantitative estimate of drug-likeness (QED) is 0.731. The van der Waals surface area contributed by atoms with E-state index in [0.717, 1.165) is 11.3 Å². The van der Waals surface area contributed by atoms with Gasteiger partial charge in [0.05, 0.1) is 12.3 Å². The van der Waals surface area contributed by atoms with Crippen LogP contribution in [-0.2, 0) is 13.5 Å². The van der Waals surface area contributed by atoms with E-state index in [1.807, 2.05) is 42.2 Å². The molecule has 25 heavy (non-hydrogen) atoms. The van der Waals surface area contributed by atoms with Crippen LogP contribution in [0.25, 0.3) is 5.65 Å². The van der Waals surface area contributed by atoms with Gasteiger partial charge >= 0.3 is 0 Å². The molecule has 7 heteroatoms. The van der Waals surface area contributed by atoms with Crippen molar-refractivity contribution in [1.82, 2.24) is 24.5 Å². The lowest BCUT2D eigenvalue weighted by Gasteiger charge is -2.38. The number of imidazole rings is 1. The van der Waals surface area contributed by atoms with E-state index in [1.54, 1.807) is 16.9 Å². The van der Waals surface area contributed by atoms with Crippen LogP contribution in [0.1, 0.15) is 28.9 Å². The summed E-state index contributed by atoms with van der Waals surface area (Å²) in [6.07, 6.45) is 8.86. The van der Waals surface area contributed by atoms with E-state index >= 15 is 0 Å². The van der Waals surface area contributed by atoms with Gasteiger partial charge in [-0.15, -0.1) is 0 Å². The van der Waals surface area contributed by atoms with Crippen LogP contribution < -0.4 is 5.32 Å². The van der Waals surface area contributed by atoms with Gasteiger partial charge in [0.2, 0.25) is 0 Å². The van der Waals surface area contributed by atoms with Crippen molar-refractivity contribution in [2.24, 2.45) is 13.0 Å². The SMILES string of the molecule is Cn1ccn2ncc(C(=O)N[C@H](Cc3ccccn3)C3CC(O)C3)c12. The highest BCUT2D eigenvalue weighted by Gasteiger charge is 2.35. The molecule has 1 amide bonds. The van der Waals surface area contributed by atoms with Crippen LogP contribution >= 0.6 is 0 Å². The Labute approximate surface area is 145 Å². The Kier molecular flexibility index (Phi) is 4.01. The van der Waals surface area contributed by atoms with Crippen molar-refractivity contribution < 1.29 is 9.90 Å². The fraction of sp³-hybridized carbons (Fsp3) is 0.389. The van der Waals surface area contributed by atoms with Crippen molar-refractivity contribution in [3.8, 4) is 0 Å². The number of rotatable bonds is 5. The maximum atomic E-state index is 12.8. The summed E-state index contributed by atoms with van der Waals surface area (Å²) in [5.41, 5.74) is 2.26. The topological polar surface area (TPSA) is 84.5 Å². The van der Waals surface area contributed by atoms with E-state index in [2.05, 4.69) is 15.4 Å². The lowest BCUT2D eigenvalue weighted by molar-refractivity contribution is 0.0238. The molecule has 1 aliphatic carbocycles. The van der Waals surface area contributed by atoms with E-state index in [1.165, 1.54) is 0 Å². The van der Waals surface area contributed by atoms with Crippen molar-refractivity contribution in [1.29, 1.82) is 0 Å². The Morgan fingerprint density at radius 2 is 2.24 bits per heavy atom. The third kappa shape index (κ3) is 3.02. The second-order valence-corrected chi connectivity index (χ2v) is 6.73. The predicted octanol–water partition coefficient (Wildman–Crippen LogP) is 1.18. The molecule has 0 aliphatic heterocycles. The van der Waals surface area contributed by atoms with Crippen LogP contribution in [0.5, 0.6) is 0 Å². The van der Waals surface area contributed by atoms with Crippen LogP contribution in [0, 0.1) is 5.92 Å². The number of nitrogens with zero attached hydrogens (tertiary/aromatic N) is 4. The summed E-state index contributed by atoms with van der Waals surface area (Å²) in [6, 6.07) is 5.73. The first-order valence-electron chi connectivity index (χ1n) is 8.49. The van der Waals surface area contributed by atoms with E-state index in [4.69, 9.17) is 0 Å². The van der Waals surface area contributed by atoms with E-state index in [9.17, 15) is 9.90 Å².